The molecule has 0 radical (unpaired) electrons. The molecular weight excluding hydrogens is 390 g/mol. The van der Waals surface area contributed by atoms with E-state index < -0.39 is 0 Å². The van der Waals surface area contributed by atoms with Gasteiger partial charge in [-0.15, -0.1) is 0 Å². The molecule has 0 fully saturated rings. The van der Waals surface area contributed by atoms with Crippen LogP contribution in [0, 0.1) is 11.3 Å². The second-order valence-electron chi connectivity index (χ2n) is 7.54. The smallest absolute Gasteiger partial charge is 0.164 e. The third-order valence-corrected chi connectivity index (χ3v) is 5.95. The van der Waals surface area contributed by atoms with Gasteiger partial charge in [-0.3, -0.25) is 0 Å². The van der Waals surface area contributed by atoms with E-state index in [0.29, 0.717) is 28.7 Å². The van der Waals surface area contributed by atoms with Crippen LogP contribution >= 0.6 is 0 Å². The number of benzene rings is 2. The average Bonchev–Trinajstić information content (AvgIpc) is 2.82. The number of rotatable bonds is 5. The summed E-state index contributed by atoms with van der Waals surface area (Å²) in [5.41, 5.74) is 11.4. The molecular formula is C25H25N3O3. The minimum Gasteiger partial charge on any atom is -0.496 e. The molecule has 0 saturated carbocycles. The molecule has 4 rings (SSSR count). The number of aromatic nitrogens is 1. The predicted molar refractivity (Wildman–Crippen MR) is 120 cm³/mol. The highest BCUT2D eigenvalue weighted by Gasteiger charge is 2.29. The zero-order valence-corrected chi connectivity index (χ0v) is 17.9. The summed E-state index contributed by atoms with van der Waals surface area (Å²) < 4.78 is 16.6. The fraction of sp³-hybridized carbons (Fsp3) is 0.280. The Labute approximate surface area is 182 Å². The van der Waals surface area contributed by atoms with Gasteiger partial charge in [0.15, 0.2) is 11.5 Å². The van der Waals surface area contributed by atoms with E-state index >= 15 is 0 Å². The fourth-order valence-corrected chi connectivity index (χ4v) is 4.42. The fourth-order valence-electron chi connectivity index (χ4n) is 4.42. The van der Waals surface area contributed by atoms with Crippen molar-refractivity contribution in [1.29, 1.82) is 5.26 Å². The molecule has 6 nitrogen and oxygen atoms in total. The predicted octanol–water partition coefficient (Wildman–Crippen LogP) is 4.50. The second-order valence-corrected chi connectivity index (χ2v) is 7.54. The lowest BCUT2D eigenvalue weighted by Crippen LogP contribution is -2.18. The number of anilines is 1. The molecule has 0 bridgehead atoms. The van der Waals surface area contributed by atoms with Crippen molar-refractivity contribution in [2.24, 2.45) is 0 Å². The Morgan fingerprint density at radius 3 is 2.32 bits per heavy atom. The lowest BCUT2D eigenvalue weighted by Gasteiger charge is -2.28. The van der Waals surface area contributed by atoms with Crippen LogP contribution in [0.25, 0.3) is 11.1 Å². The van der Waals surface area contributed by atoms with Gasteiger partial charge in [0.1, 0.15) is 23.2 Å². The minimum atomic E-state index is 0.242. The molecule has 0 amide bonds. The van der Waals surface area contributed by atoms with E-state index in [-0.39, 0.29) is 5.82 Å². The van der Waals surface area contributed by atoms with E-state index in [1.807, 2.05) is 12.1 Å². The van der Waals surface area contributed by atoms with Crippen molar-refractivity contribution in [2.45, 2.75) is 25.2 Å². The number of methoxy groups -OCH3 is 3. The van der Waals surface area contributed by atoms with Gasteiger partial charge in [0.05, 0.1) is 21.3 Å². The first kappa shape index (κ1) is 20.5. The van der Waals surface area contributed by atoms with E-state index in [4.69, 9.17) is 19.9 Å². The standard InChI is InChI=1S/C25H25N3O3/c1-29-21-13-23(31-3)22(30-2)12-18(21)24-17-11-16(15-7-5-4-6-8-15)9-10-20(17)28-25(27)19(24)14-26/h4-8,12-13,16H,9-11H2,1-3H3,(H2,27,28). The quantitative estimate of drug-likeness (QED) is 0.660. The Bertz CT molecular complexity index is 1150. The highest BCUT2D eigenvalue weighted by molar-refractivity contribution is 5.84. The molecule has 2 N–H and O–H groups in total. The Morgan fingerprint density at radius 1 is 1.00 bits per heavy atom. The first-order valence-corrected chi connectivity index (χ1v) is 10.2. The summed E-state index contributed by atoms with van der Waals surface area (Å²) in [6.45, 7) is 0. The van der Waals surface area contributed by atoms with Crippen molar-refractivity contribution in [1.82, 2.24) is 4.98 Å². The number of ether oxygens (including phenoxy) is 3. The molecule has 1 aromatic heterocycles. The van der Waals surface area contributed by atoms with Gasteiger partial charge >= 0.3 is 0 Å². The van der Waals surface area contributed by atoms with Crippen molar-refractivity contribution in [2.75, 3.05) is 27.1 Å². The first-order chi connectivity index (χ1) is 15.1. The van der Waals surface area contributed by atoms with Gasteiger partial charge in [-0.05, 0) is 42.4 Å². The normalized spacial score (nSPS) is 15.0. The first-order valence-electron chi connectivity index (χ1n) is 10.2. The minimum absolute atomic E-state index is 0.242. The van der Waals surface area contributed by atoms with E-state index in [2.05, 4.69) is 35.3 Å². The van der Waals surface area contributed by atoms with Crippen LogP contribution in [-0.2, 0) is 12.8 Å². The van der Waals surface area contributed by atoms with Crippen molar-refractivity contribution >= 4 is 5.82 Å². The number of nitrogens with zero attached hydrogens (tertiary/aromatic N) is 2. The Morgan fingerprint density at radius 2 is 1.68 bits per heavy atom. The molecule has 6 heteroatoms. The van der Waals surface area contributed by atoms with Gasteiger partial charge in [-0.25, -0.2) is 4.98 Å². The van der Waals surface area contributed by atoms with E-state index in [0.717, 1.165) is 41.6 Å². The maximum Gasteiger partial charge on any atom is 0.164 e. The SMILES string of the molecule is COc1cc(OC)c(-c2c(C#N)c(N)nc3c2CC(c2ccccc2)CC3)cc1OC. The van der Waals surface area contributed by atoms with Crippen LogP contribution in [0.1, 0.15) is 34.7 Å². The highest BCUT2D eigenvalue weighted by Crippen LogP contribution is 2.46. The van der Waals surface area contributed by atoms with Crippen LogP contribution in [0.5, 0.6) is 17.2 Å². The summed E-state index contributed by atoms with van der Waals surface area (Å²) in [7, 11) is 4.76. The van der Waals surface area contributed by atoms with Crippen LogP contribution in [0.15, 0.2) is 42.5 Å². The molecule has 1 aliphatic rings. The van der Waals surface area contributed by atoms with E-state index in [1.165, 1.54) is 5.56 Å². The van der Waals surface area contributed by atoms with Crippen LogP contribution in [0.2, 0.25) is 0 Å². The zero-order chi connectivity index (χ0) is 22.0. The van der Waals surface area contributed by atoms with Crippen LogP contribution in [0.3, 0.4) is 0 Å². The molecule has 3 aromatic rings. The Balaban J connectivity index is 1.95. The van der Waals surface area contributed by atoms with Crippen LogP contribution in [-0.4, -0.2) is 26.3 Å². The van der Waals surface area contributed by atoms with Gasteiger partial charge in [0, 0.05) is 22.9 Å². The molecule has 31 heavy (non-hydrogen) atoms. The Kier molecular flexibility index (Phi) is 5.68. The number of hydrogen-bond donors (Lipinski definition) is 1. The number of nitrogen functional groups attached to an aromatic ring is 1. The summed E-state index contributed by atoms with van der Waals surface area (Å²) in [5, 5.41) is 9.97. The molecule has 0 spiro atoms. The summed E-state index contributed by atoms with van der Waals surface area (Å²) in [4.78, 5) is 4.59. The number of nitrogens with two attached hydrogens (primary N) is 1. The van der Waals surface area contributed by atoms with Gasteiger partial charge in [0.2, 0.25) is 0 Å². The second kappa shape index (κ2) is 8.57. The van der Waals surface area contributed by atoms with Crippen LogP contribution < -0.4 is 19.9 Å². The number of pyridine rings is 1. The van der Waals surface area contributed by atoms with Crippen molar-refractivity contribution in [3.05, 3.63) is 64.8 Å². The average molecular weight is 415 g/mol. The van der Waals surface area contributed by atoms with E-state index in [1.54, 1.807) is 27.4 Å². The Hall–Kier alpha value is -3.72. The molecule has 1 atom stereocenters. The summed E-state index contributed by atoms with van der Waals surface area (Å²) in [6, 6.07) is 16.3. The summed E-state index contributed by atoms with van der Waals surface area (Å²) >= 11 is 0. The molecule has 0 saturated heterocycles. The largest absolute Gasteiger partial charge is 0.496 e. The van der Waals surface area contributed by atoms with Crippen molar-refractivity contribution in [3.8, 4) is 34.4 Å². The summed E-state index contributed by atoms with van der Waals surface area (Å²) in [6.07, 6.45) is 2.55. The van der Waals surface area contributed by atoms with Crippen molar-refractivity contribution < 1.29 is 14.2 Å². The molecule has 0 aliphatic heterocycles. The van der Waals surface area contributed by atoms with Gasteiger partial charge in [-0.2, -0.15) is 5.26 Å². The lowest BCUT2D eigenvalue weighted by atomic mass is 9.78. The molecule has 2 aromatic carbocycles. The summed E-state index contributed by atoms with van der Waals surface area (Å²) in [5.74, 6) is 2.28. The van der Waals surface area contributed by atoms with E-state index in [9.17, 15) is 5.26 Å². The number of aryl methyl sites for hydroxylation is 1. The third-order valence-electron chi connectivity index (χ3n) is 5.95. The van der Waals surface area contributed by atoms with Crippen molar-refractivity contribution in [3.63, 3.8) is 0 Å². The number of nitriles is 1. The lowest BCUT2D eigenvalue weighted by molar-refractivity contribution is 0.349. The number of hydrogen-bond acceptors (Lipinski definition) is 6. The maximum absolute atomic E-state index is 9.97. The zero-order valence-electron chi connectivity index (χ0n) is 17.9. The van der Waals surface area contributed by atoms with Gasteiger partial charge in [-0.1, -0.05) is 30.3 Å². The van der Waals surface area contributed by atoms with Gasteiger partial charge in [0.25, 0.3) is 0 Å². The monoisotopic (exact) mass is 415 g/mol. The molecule has 1 unspecified atom stereocenters. The maximum atomic E-state index is 9.97. The highest BCUT2D eigenvalue weighted by atomic mass is 16.5. The molecule has 1 aliphatic carbocycles. The molecule has 1 heterocycles. The topological polar surface area (TPSA) is 90.4 Å². The number of fused-ring (bicyclic) bond motifs is 1. The van der Waals surface area contributed by atoms with Crippen LogP contribution in [0.4, 0.5) is 5.82 Å². The van der Waals surface area contributed by atoms with Gasteiger partial charge < -0.3 is 19.9 Å². The third kappa shape index (κ3) is 3.64. The molecule has 158 valence electrons.